The number of hydrogen-bond donors (Lipinski definition) is 1. The number of benzene rings is 1. The molecule has 1 saturated carbocycles. The Hall–Kier alpha value is -1.53. The zero-order chi connectivity index (χ0) is 13.7. The van der Waals surface area contributed by atoms with E-state index < -0.39 is 5.54 Å². The van der Waals surface area contributed by atoms with E-state index in [9.17, 15) is 10.1 Å². The van der Waals surface area contributed by atoms with Crippen molar-refractivity contribution in [3.8, 4) is 6.07 Å². The van der Waals surface area contributed by atoms with Crippen LogP contribution in [0, 0.1) is 11.3 Å². The van der Waals surface area contributed by atoms with Crippen molar-refractivity contribution >= 4 is 17.5 Å². The molecule has 0 unspecified atom stereocenters. The fourth-order valence-corrected chi connectivity index (χ4v) is 2.64. The Morgan fingerprint density at radius 1 is 1.26 bits per heavy atom. The number of carbonyl (C=O) groups is 1. The normalized spacial score (nSPS) is 17.5. The molecule has 1 aromatic carbocycles. The number of nitrogens with zero attached hydrogens (tertiary/aromatic N) is 1. The molecule has 1 N–H and O–H groups in total. The van der Waals surface area contributed by atoms with Crippen LogP contribution in [0.3, 0.4) is 0 Å². The molecule has 0 saturated heterocycles. The van der Waals surface area contributed by atoms with Crippen molar-refractivity contribution in [2.45, 2.75) is 44.1 Å². The summed E-state index contributed by atoms with van der Waals surface area (Å²) in [6.45, 7) is 0. The molecule has 0 bridgehead atoms. The minimum Gasteiger partial charge on any atom is -0.338 e. The Morgan fingerprint density at radius 2 is 1.89 bits per heavy atom. The number of halogens is 1. The number of hydrogen-bond acceptors (Lipinski definition) is 2. The van der Waals surface area contributed by atoms with Gasteiger partial charge in [0.25, 0.3) is 0 Å². The van der Waals surface area contributed by atoms with E-state index in [1.807, 2.05) is 12.1 Å². The van der Waals surface area contributed by atoms with Crippen LogP contribution in [0.25, 0.3) is 0 Å². The summed E-state index contributed by atoms with van der Waals surface area (Å²) in [5, 5.41) is 12.9. The van der Waals surface area contributed by atoms with Crippen molar-refractivity contribution < 1.29 is 4.79 Å². The van der Waals surface area contributed by atoms with Crippen LogP contribution in [0.1, 0.15) is 37.7 Å². The van der Waals surface area contributed by atoms with Gasteiger partial charge in [0.15, 0.2) is 0 Å². The van der Waals surface area contributed by atoms with Crippen molar-refractivity contribution in [2.75, 3.05) is 0 Å². The van der Waals surface area contributed by atoms with Crippen LogP contribution in [-0.2, 0) is 11.2 Å². The van der Waals surface area contributed by atoms with E-state index in [0.717, 1.165) is 37.7 Å². The maximum Gasteiger partial charge on any atom is 0.225 e. The van der Waals surface area contributed by atoms with Gasteiger partial charge in [-0.25, -0.2) is 0 Å². The van der Waals surface area contributed by atoms with Gasteiger partial charge in [0.05, 0.1) is 12.5 Å². The fraction of sp³-hybridized carbons (Fsp3) is 0.467. The summed E-state index contributed by atoms with van der Waals surface area (Å²) >= 11 is 5.80. The lowest BCUT2D eigenvalue weighted by Gasteiger charge is -2.31. The standard InChI is InChI=1S/C15H17ClN2O/c16-13-6-4-12(5-7-13)10-14(19)18-15(11-17)8-2-1-3-9-15/h4-7H,1-3,8-10H2,(H,18,19). The molecule has 1 aliphatic carbocycles. The molecule has 1 fully saturated rings. The number of nitriles is 1. The summed E-state index contributed by atoms with van der Waals surface area (Å²) in [6.07, 6.45) is 4.98. The lowest BCUT2D eigenvalue weighted by atomic mass is 9.82. The zero-order valence-corrected chi connectivity index (χ0v) is 11.5. The van der Waals surface area contributed by atoms with Crippen LogP contribution in [0.15, 0.2) is 24.3 Å². The van der Waals surface area contributed by atoms with Gasteiger partial charge in [0.1, 0.15) is 5.54 Å². The molecule has 0 heterocycles. The number of rotatable bonds is 3. The minimum absolute atomic E-state index is 0.0919. The van der Waals surface area contributed by atoms with Gasteiger partial charge >= 0.3 is 0 Å². The van der Waals surface area contributed by atoms with E-state index in [1.54, 1.807) is 12.1 Å². The Labute approximate surface area is 118 Å². The molecule has 0 spiro atoms. The number of nitrogens with one attached hydrogen (secondary N) is 1. The summed E-state index contributed by atoms with van der Waals surface area (Å²) in [5.41, 5.74) is 0.257. The fourth-order valence-electron chi connectivity index (χ4n) is 2.52. The van der Waals surface area contributed by atoms with E-state index in [0.29, 0.717) is 11.4 Å². The topological polar surface area (TPSA) is 52.9 Å². The highest BCUT2D eigenvalue weighted by atomic mass is 35.5. The molecule has 1 aliphatic rings. The maximum absolute atomic E-state index is 12.0. The van der Waals surface area contributed by atoms with Gasteiger partial charge in [-0.15, -0.1) is 0 Å². The smallest absolute Gasteiger partial charge is 0.225 e. The second kappa shape index (κ2) is 6.08. The van der Waals surface area contributed by atoms with Gasteiger partial charge in [-0.05, 0) is 30.5 Å². The molecule has 2 rings (SSSR count). The Morgan fingerprint density at radius 3 is 2.47 bits per heavy atom. The first kappa shape index (κ1) is 13.9. The van der Waals surface area contributed by atoms with Gasteiger partial charge in [-0.3, -0.25) is 4.79 Å². The van der Waals surface area contributed by atoms with Crippen LogP contribution < -0.4 is 5.32 Å². The first-order valence-corrected chi connectivity index (χ1v) is 6.98. The van der Waals surface area contributed by atoms with E-state index in [2.05, 4.69) is 11.4 Å². The molecule has 0 aromatic heterocycles. The molecular formula is C15H17ClN2O. The molecule has 0 aliphatic heterocycles. The summed E-state index contributed by atoms with van der Waals surface area (Å²) in [4.78, 5) is 12.0. The molecule has 3 nitrogen and oxygen atoms in total. The van der Waals surface area contributed by atoms with Crippen LogP contribution in [-0.4, -0.2) is 11.4 Å². The van der Waals surface area contributed by atoms with Crippen LogP contribution in [0.5, 0.6) is 0 Å². The Balaban J connectivity index is 1.96. The van der Waals surface area contributed by atoms with Gasteiger partial charge < -0.3 is 5.32 Å². The summed E-state index contributed by atoms with van der Waals surface area (Å²) in [5.74, 6) is -0.0919. The SMILES string of the molecule is N#CC1(NC(=O)Cc2ccc(Cl)cc2)CCCCC1. The third kappa shape index (κ3) is 3.71. The van der Waals surface area contributed by atoms with Gasteiger partial charge in [-0.1, -0.05) is 43.0 Å². The molecule has 0 atom stereocenters. The van der Waals surface area contributed by atoms with Gasteiger partial charge in [0.2, 0.25) is 5.91 Å². The average molecular weight is 277 g/mol. The quantitative estimate of drug-likeness (QED) is 0.921. The second-order valence-electron chi connectivity index (χ2n) is 5.11. The molecule has 1 amide bonds. The summed E-state index contributed by atoms with van der Waals surface area (Å²) in [7, 11) is 0. The van der Waals surface area contributed by atoms with E-state index in [4.69, 9.17) is 11.6 Å². The molecule has 1 aromatic rings. The van der Waals surface area contributed by atoms with Gasteiger partial charge in [-0.2, -0.15) is 5.26 Å². The second-order valence-corrected chi connectivity index (χ2v) is 5.54. The minimum atomic E-state index is -0.651. The van der Waals surface area contributed by atoms with Crippen molar-refractivity contribution in [1.29, 1.82) is 5.26 Å². The van der Waals surface area contributed by atoms with Crippen molar-refractivity contribution in [2.24, 2.45) is 0 Å². The summed E-state index contributed by atoms with van der Waals surface area (Å²) in [6, 6.07) is 9.50. The monoisotopic (exact) mass is 276 g/mol. The average Bonchev–Trinajstić information content (AvgIpc) is 2.42. The van der Waals surface area contributed by atoms with Gasteiger partial charge in [0, 0.05) is 5.02 Å². The predicted octanol–water partition coefficient (Wildman–Crippen LogP) is 3.23. The molecule has 0 radical (unpaired) electrons. The van der Waals surface area contributed by atoms with E-state index >= 15 is 0 Å². The lowest BCUT2D eigenvalue weighted by Crippen LogP contribution is -2.49. The van der Waals surface area contributed by atoms with E-state index in [1.165, 1.54) is 0 Å². The van der Waals surface area contributed by atoms with Crippen molar-refractivity contribution in [3.05, 3.63) is 34.9 Å². The van der Waals surface area contributed by atoms with Crippen LogP contribution in [0.2, 0.25) is 5.02 Å². The van der Waals surface area contributed by atoms with Crippen LogP contribution in [0.4, 0.5) is 0 Å². The molecular weight excluding hydrogens is 260 g/mol. The first-order valence-electron chi connectivity index (χ1n) is 6.60. The van der Waals surface area contributed by atoms with Crippen molar-refractivity contribution in [3.63, 3.8) is 0 Å². The largest absolute Gasteiger partial charge is 0.338 e. The zero-order valence-electron chi connectivity index (χ0n) is 10.8. The number of amides is 1. The Kier molecular flexibility index (Phi) is 4.44. The lowest BCUT2D eigenvalue weighted by molar-refractivity contribution is -0.122. The molecule has 4 heteroatoms. The van der Waals surface area contributed by atoms with E-state index in [-0.39, 0.29) is 5.91 Å². The highest BCUT2D eigenvalue weighted by Crippen LogP contribution is 2.27. The first-order chi connectivity index (χ1) is 9.13. The number of carbonyl (C=O) groups excluding carboxylic acids is 1. The van der Waals surface area contributed by atoms with Crippen molar-refractivity contribution in [1.82, 2.24) is 5.32 Å². The Bertz CT molecular complexity index is 484. The van der Waals surface area contributed by atoms with Crippen LogP contribution >= 0.6 is 11.6 Å². The predicted molar refractivity (Wildman–Crippen MR) is 74.7 cm³/mol. The maximum atomic E-state index is 12.0. The summed E-state index contributed by atoms with van der Waals surface area (Å²) < 4.78 is 0. The third-order valence-electron chi connectivity index (χ3n) is 3.58. The highest BCUT2D eigenvalue weighted by Gasteiger charge is 2.33. The third-order valence-corrected chi connectivity index (χ3v) is 3.83. The molecule has 100 valence electrons. The molecule has 19 heavy (non-hydrogen) atoms. The highest BCUT2D eigenvalue weighted by molar-refractivity contribution is 6.30.